The molecule has 2 heteroatoms. The highest BCUT2D eigenvalue weighted by Crippen LogP contribution is 2.35. The largest absolute Gasteiger partial charge is 0.493 e. The quantitative estimate of drug-likeness (QED) is 0.683. The van der Waals surface area contributed by atoms with E-state index in [4.69, 9.17) is 4.74 Å². The molecule has 4 rings (SSSR count). The number of Topliss-reactive ketones (excluding diaryl/α,β-unsaturated/α-hetero) is 1. The Balaban J connectivity index is 2.04. The molecule has 22 heavy (non-hydrogen) atoms. The summed E-state index contributed by atoms with van der Waals surface area (Å²) in [6.45, 7) is 0. The van der Waals surface area contributed by atoms with Crippen LogP contribution in [0.1, 0.15) is 15.9 Å². The lowest BCUT2D eigenvalue weighted by atomic mass is 9.88. The predicted molar refractivity (Wildman–Crippen MR) is 88.7 cm³/mol. The van der Waals surface area contributed by atoms with Gasteiger partial charge in [0, 0.05) is 10.9 Å². The van der Waals surface area contributed by atoms with Crippen molar-refractivity contribution in [3.8, 4) is 11.1 Å². The molecular weight excluding hydrogens is 272 g/mol. The fourth-order valence-electron chi connectivity index (χ4n) is 3.04. The molecule has 0 heterocycles. The van der Waals surface area contributed by atoms with Crippen LogP contribution in [-0.4, -0.2) is 12.9 Å². The monoisotopic (exact) mass is 286 g/mol. The Labute approximate surface area is 128 Å². The molecule has 0 saturated heterocycles. The topological polar surface area (TPSA) is 26.3 Å². The third-order valence-corrected chi connectivity index (χ3v) is 4.09. The van der Waals surface area contributed by atoms with Gasteiger partial charge in [-0.3, -0.25) is 4.79 Å². The van der Waals surface area contributed by atoms with Crippen LogP contribution in [-0.2, 0) is 4.74 Å². The highest BCUT2D eigenvalue weighted by Gasteiger charge is 2.23. The van der Waals surface area contributed by atoms with Crippen molar-refractivity contribution in [3.05, 3.63) is 77.5 Å². The Morgan fingerprint density at radius 1 is 0.864 bits per heavy atom. The molecule has 0 saturated carbocycles. The highest BCUT2D eigenvalue weighted by atomic mass is 16.5. The lowest BCUT2D eigenvalue weighted by molar-refractivity contribution is 0.0957. The van der Waals surface area contributed by atoms with Crippen molar-refractivity contribution in [2.45, 2.75) is 0 Å². The molecule has 0 atom stereocenters. The zero-order chi connectivity index (χ0) is 15.1. The summed E-state index contributed by atoms with van der Waals surface area (Å²) in [4.78, 5) is 12.6. The van der Waals surface area contributed by atoms with E-state index in [9.17, 15) is 4.79 Å². The van der Waals surface area contributed by atoms with Crippen molar-refractivity contribution in [1.82, 2.24) is 0 Å². The molecular formula is C20H14O2. The second-order valence-electron chi connectivity index (χ2n) is 5.38. The molecule has 2 nitrogen and oxygen atoms in total. The summed E-state index contributed by atoms with van der Waals surface area (Å²) in [5, 5.41) is 2.08. The number of ketones is 1. The molecule has 0 amide bonds. The zero-order valence-electron chi connectivity index (χ0n) is 12.2. The zero-order valence-corrected chi connectivity index (χ0v) is 12.2. The van der Waals surface area contributed by atoms with Crippen molar-refractivity contribution in [2.24, 2.45) is 0 Å². The van der Waals surface area contributed by atoms with E-state index in [1.54, 1.807) is 0 Å². The average Bonchev–Trinajstić information content (AvgIpc) is 2.58. The van der Waals surface area contributed by atoms with Crippen LogP contribution in [0.5, 0.6) is 0 Å². The van der Waals surface area contributed by atoms with Crippen LogP contribution in [0.4, 0.5) is 0 Å². The van der Waals surface area contributed by atoms with Crippen LogP contribution in [0.15, 0.2) is 66.4 Å². The Morgan fingerprint density at radius 3 is 2.45 bits per heavy atom. The first kappa shape index (κ1) is 12.8. The second-order valence-corrected chi connectivity index (χ2v) is 5.38. The van der Waals surface area contributed by atoms with Crippen LogP contribution in [0, 0.1) is 0 Å². The van der Waals surface area contributed by atoms with Crippen molar-refractivity contribution in [2.75, 3.05) is 7.11 Å². The smallest absolute Gasteiger partial charge is 0.228 e. The molecule has 3 aromatic carbocycles. The van der Waals surface area contributed by atoms with Crippen molar-refractivity contribution in [1.29, 1.82) is 0 Å². The van der Waals surface area contributed by atoms with E-state index in [0.29, 0.717) is 11.3 Å². The molecule has 3 aromatic rings. The third-order valence-electron chi connectivity index (χ3n) is 4.09. The Hall–Kier alpha value is -2.87. The first-order chi connectivity index (χ1) is 10.8. The molecule has 0 N–H and O–H groups in total. The number of carbonyl (C=O) groups is 1. The van der Waals surface area contributed by atoms with Gasteiger partial charge in [-0.2, -0.15) is 0 Å². The Morgan fingerprint density at radius 2 is 1.68 bits per heavy atom. The summed E-state index contributed by atoms with van der Waals surface area (Å²) in [5.41, 5.74) is 3.90. The van der Waals surface area contributed by atoms with Crippen molar-refractivity contribution in [3.63, 3.8) is 0 Å². The van der Waals surface area contributed by atoms with Gasteiger partial charge in [0.25, 0.3) is 0 Å². The fraction of sp³-hybridized carbons (Fsp3) is 0.0500. The van der Waals surface area contributed by atoms with Gasteiger partial charge >= 0.3 is 0 Å². The van der Waals surface area contributed by atoms with Crippen LogP contribution in [0.25, 0.3) is 28.0 Å². The maximum Gasteiger partial charge on any atom is 0.228 e. The van der Waals surface area contributed by atoms with Gasteiger partial charge in [-0.05, 0) is 40.3 Å². The molecule has 106 valence electrons. The number of hydrogen-bond donors (Lipinski definition) is 0. The van der Waals surface area contributed by atoms with E-state index in [1.807, 2.05) is 48.5 Å². The predicted octanol–water partition coefficient (Wildman–Crippen LogP) is 4.69. The van der Waals surface area contributed by atoms with Crippen molar-refractivity contribution >= 4 is 22.6 Å². The van der Waals surface area contributed by atoms with Gasteiger partial charge in [0.05, 0.1) is 7.11 Å². The molecule has 0 unspecified atom stereocenters. The minimum Gasteiger partial charge on any atom is -0.493 e. The number of hydrogen-bond acceptors (Lipinski definition) is 2. The van der Waals surface area contributed by atoms with Crippen molar-refractivity contribution < 1.29 is 9.53 Å². The van der Waals surface area contributed by atoms with Gasteiger partial charge in [-0.15, -0.1) is 0 Å². The van der Waals surface area contributed by atoms with Crippen LogP contribution < -0.4 is 0 Å². The maximum atomic E-state index is 12.6. The van der Waals surface area contributed by atoms with Gasteiger partial charge in [-0.25, -0.2) is 0 Å². The molecule has 0 bridgehead atoms. The summed E-state index contributed by atoms with van der Waals surface area (Å²) in [6.07, 6.45) is 1.82. The molecule has 0 aromatic heterocycles. The number of allylic oxidation sites excluding steroid dienone is 1. The number of rotatable bonds is 2. The summed E-state index contributed by atoms with van der Waals surface area (Å²) < 4.78 is 5.25. The lowest BCUT2D eigenvalue weighted by Gasteiger charge is -2.17. The Kier molecular flexibility index (Phi) is 2.83. The van der Waals surface area contributed by atoms with Gasteiger partial charge in [0.15, 0.2) is 5.76 Å². The standard InChI is InChI=1S/C20H14O2/c1-22-18-12-15-9-5-8-14-10-16(13-6-3-2-4-7-13)11-17(19(14)15)20(18)21/h2-12H,1H3. The number of benzene rings is 3. The normalized spacial score (nSPS) is 13.1. The van der Waals surface area contributed by atoms with Gasteiger partial charge in [0.1, 0.15) is 0 Å². The van der Waals surface area contributed by atoms with Crippen LogP contribution in [0.3, 0.4) is 0 Å². The first-order valence-corrected chi connectivity index (χ1v) is 7.20. The fourth-order valence-corrected chi connectivity index (χ4v) is 3.04. The van der Waals surface area contributed by atoms with E-state index in [-0.39, 0.29) is 5.78 Å². The van der Waals surface area contributed by atoms with E-state index >= 15 is 0 Å². The minimum absolute atomic E-state index is 0.0519. The molecule has 1 aliphatic rings. The average molecular weight is 286 g/mol. The van der Waals surface area contributed by atoms with Crippen LogP contribution in [0.2, 0.25) is 0 Å². The summed E-state index contributed by atoms with van der Waals surface area (Å²) in [7, 11) is 1.54. The number of methoxy groups -OCH3 is 1. The third kappa shape index (κ3) is 1.85. The maximum absolute atomic E-state index is 12.6. The van der Waals surface area contributed by atoms with Gasteiger partial charge < -0.3 is 4.74 Å². The van der Waals surface area contributed by atoms with E-state index < -0.39 is 0 Å². The molecule has 1 aliphatic carbocycles. The highest BCUT2D eigenvalue weighted by molar-refractivity contribution is 6.22. The number of carbonyl (C=O) groups excluding carboxylic acids is 1. The minimum atomic E-state index is -0.0519. The number of ether oxygens (including phenoxy) is 1. The Bertz CT molecular complexity index is 921. The second kappa shape index (κ2) is 4.85. The van der Waals surface area contributed by atoms with Crippen LogP contribution >= 0.6 is 0 Å². The molecule has 0 fully saturated rings. The molecule has 0 aliphatic heterocycles. The van der Waals surface area contributed by atoms with Gasteiger partial charge in [-0.1, -0.05) is 48.5 Å². The molecule has 0 radical (unpaired) electrons. The van der Waals surface area contributed by atoms with E-state index in [1.165, 1.54) is 7.11 Å². The summed E-state index contributed by atoms with van der Waals surface area (Å²) >= 11 is 0. The van der Waals surface area contributed by atoms with Gasteiger partial charge in [0.2, 0.25) is 5.78 Å². The van der Waals surface area contributed by atoms with E-state index in [2.05, 4.69) is 18.2 Å². The lowest BCUT2D eigenvalue weighted by Crippen LogP contribution is -2.10. The molecule has 0 spiro atoms. The van der Waals surface area contributed by atoms with E-state index in [0.717, 1.165) is 27.5 Å². The SMILES string of the molecule is COC1=Cc2cccc3cc(-c4ccccc4)cc(c23)C1=O. The summed E-state index contributed by atoms with van der Waals surface area (Å²) in [5.74, 6) is 0.342. The first-order valence-electron chi connectivity index (χ1n) is 7.20. The summed E-state index contributed by atoms with van der Waals surface area (Å²) in [6, 6.07) is 20.3.